The molecule has 3 heterocycles. The van der Waals surface area contributed by atoms with Crippen molar-refractivity contribution in [2.75, 3.05) is 26.2 Å². The quantitative estimate of drug-likeness (QED) is 0.826. The van der Waals surface area contributed by atoms with Gasteiger partial charge >= 0.3 is 0 Å². The van der Waals surface area contributed by atoms with Gasteiger partial charge in [-0.3, -0.25) is 14.9 Å². The second-order valence-corrected chi connectivity index (χ2v) is 5.34. The summed E-state index contributed by atoms with van der Waals surface area (Å²) in [5, 5.41) is 3.48. The van der Waals surface area contributed by atoms with E-state index in [-0.39, 0.29) is 0 Å². The van der Waals surface area contributed by atoms with Crippen molar-refractivity contribution < 1.29 is 0 Å². The average molecular weight is 232 g/mol. The average Bonchev–Trinajstić information content (AvgIpc) is 2.88. The molecule has 3 rings (SSSR count). The lowest BCUT2D eigenvalue weighted by molar-refractivity contribution is 0.238. The van der Waals surface area contributed by atoms with Gasteiger partial charge in [0.1, 0.15) is 0 Å². The van der Waals surface area contributed by atoms with E-state index in [4.69, 9.17) is 0 Å². The smallest absolute Gasteiger partial charge is 0.0784 e. The second-order valence-electron chi connectivity index (χ2n) is 5.34. The third kappa shape index (κ3) is 1.96. The van der Waals surface area contributed by atoms with Crippen LogP contribution in [0.15, 0.2) is 12.4 Å². The first-order valence-corrected chi connectivity index (χ1v) is 6.48. The van der Waals surface area contributed by atoms with Gasteiger partial charge in [0, 0.05) is 25.5 Å². The minimum atomic E-state index is 0.397. The van der Waals surface area contributed by atoms with Crippen LogP contribution in [0, 0.1) is 18.8 Å². The van der Waals surface area contributed by atoms with Gasteiger partial charge in [-0.1, -0.05) is 0 Å². The minimum absolute atomic E-state index is 0.397. The second kappa shape index (κ2) is 4.35. The van der Waals surface area contributed by atoms with E-state index < -0.39 is 0 Å². The highest BCUT2D eigenvalue weighted by Crippen LogP contribution is 2.32. The van der Waals surface area contributed by atoms with Crippen LogP contribution >= 0.6 is 0 Å². The summed E-state index contributed by atoms with van der Waals surface area (Å²) in [5.41, 5.74) is 2.20. The number of likely N-dealkylation sites (tertiary alicyclic amines) is 1. The highest BCUT2D eigenvalue weighted by atomic mass is 15.2. The first-order valence-electron chi connectivity index (χ1n) is 6.48. The molecule has 0 radical (unpaired) electrons. The van der Waals surface area contributed by atoms with Crippen molar-refractivity contribution in [3.8, 4) is 0 Å². The predicted molar refractivity (Wildman–Crippen MR) is 66.6 cm³/mol. The Bertz CT molecular complexity index is 394. The van der Waals surface area contributed by atoms with Crippen LogP contribution in [0.4, 0.5) is 0 Å². The summed E-state index contributed by atoms with van der Waals surface area (Å²) in [5.74, 6) is 1.68. The molecule has 0 aliphatic carbocycles. The van der Waals surface area contributed by atoms with E-state index in [1.54, 1.807) is 12.4 Å². The van der Waals surface area contributed by atoms with Crippen LogP contribution in [0.3, 0.4) is 0 Å². The summed E-state index contributed by atoms with van der Waals surface area (Å²) < 4.78 is 0. The topological polar surface area (TPSA) is 41.1 Å². The Balaban J connectivity index is 1.75. The molecule has 2 fully saturated rings. The summed E-state index contributed by atoms with van der Waals surface area (Å²) >= 11 is 0. The van der Waals surface area contributed by atoms with Gasteiger partial charge in [-0.25, -0.2) is 0 Å². The molecular weight excluding hydrogens is 212 g/mol. The zero-order valence-corrected chi connectivity index (χ0v) is 10.6. The maximum atomic E-state index is 4.50. The molecule has 2 aliphatic rings. The lowest BCUT2D eigenvalue weighted by atomic mass is 10.0. The van der Waals surface area contributed by atoms with Gasteiger partial charge in [0.2, 0.25) is 0 Å². The molecule has 17 heavy (non-hydrogen) atoms. The molecule has 3 atom stereocenters. The molecule has 2 saturated heterocycles. The van der Waals surface area contributed by atoms with E-state index >= 15 is 0 Å². The lowest BCUT2D eigenvalue weighted by Gasteiger charge is -2.25. The van der Waals surface area contributed by atoms with Crippen molar-refractivity contribution in [2.24, 2.45) is 11.8 Å². The molecule has 0 aromatic carbocycles. The van der Waals surface area contributed by atoms with E-state index in [2.05, 4.69) is 34.0 Å². The number of hydrogen-bond donors (Lipinski definition) is 1. The Morgan fingerprint density at radius 3 is 2.53 bits per heavy atom. The van der Waals surface area contributed by atoms with Crippen molar-refractivity contribution in [1.82, 2.24) is 20.2 Å². The van der Waals surface area contributed by atoms with E-state index in [9.17, 15) is 0 Å². The standard InChI is InChI=1S/C13H20N4/c1-9-13(16-4-3-15-9)10(2)17-7-11-5-14-6-12(11)8-17/h3-4,10-12,14H,5-8H2,1-2H3/t10?,11-,12+. The first-order chi connectivity index (χ1) is 8.25. The largest absolute Gasteiger partial charge is 0.316 e. The molecule has 1 unspecified atom stereocenters. The Labute approximate surface area is 102 Å². The summed E-state index contributed by atoms with van der Waals surface area (Å²) in [6.45, 7) is 9.09. The summed E-state index contributed by atoms with van der Waals surface area (Å²) in [7, 11) is 0. The highest BCUT2D eigenvalue weighted by Gasteiger charge is 2.38. The fourth-order valence-electron chi connectivity index (χ4n) is 3.21. The number of fused-ring (bicyclic) bond motifs is 1. The Kier molecular flexibility index (Phi) is 2.84. The van der Waals surface area contributed by atoms with Crippen molar-refractivity contribution in [1.29, 1.82) is 0 Å². The lowest BCUT2D eigenvalue weighted by Crippen LogP contribution is -2.29. The Hall–Kier alpha value is -1.00. The van der Waals surface area contributed by atoms with Crippen LogP contribution in [0.2, 0.25) is 0 Å². The molecular formula is C13H20N4. The maximum Gasteiger partial charge on any atom is 0.0784 e. The van der Waals surface area contributed by atoms with Crippen LogP contribution in [-0.4, -0.2) is 41.0 Å². The summed E-state index contributed by atoms with van der Waals surface area (Å²) in [6.07, 6.45) is 3.57. The predicted octanol–water partition coefficient (Wildman–Crippen LogP) is 0.997. The molecule has 1 N–H and O–H groups in total. The third-order valence-electron chi connectivity index (χ3n) is 4.28. The number of aryl methyl sites for hydroxylation is 1. The van der Waals surface area contributed by atoms with Crippen molar-refractivity contribution >= 4 is 0 Å². The number of hydrogen-bond acceptors (Lipinski definition) is 4. The molecule has 4 heteroatoms. The van der Waals surface area contributed by atoms with Crippen molar-refractivity contribution in [2.45, 2.75) is 19.9 Å². The van der Waals surface area contributed by atoms with Crippen LogP contribution in [0.5, 0.6) is 0 Å². The van der Waals surface area contributed by atoms with Gasteiger partial charge in [0.15, 0.2) is 0 Å². The molecule has 0 saturated carbocycles. The Morgan fingerprint density at radius 1 is 1.24 bits per heavy atom. The van der Waals surface area contributed by atoms with Gasteiger partial charge in [-0.15, -0.1) is 0 Å². The maximum absolute atomic E-state index is 4.50. The van der Waals surface area contributed by atoms with E-state index in [0.29, 0.717) is 6.04 Å². The molecule has 1 aromatic rings. The SMILES string of the molecule is Cc1nccnc1C(C)N1C[C@H]2CNC[C@H]2C1. The molecule has 2 aliphatic heterocycles. The van der Waals surface area contributed by atoms with Crippen LogP contribution in [0.25, 0.3) is 0 Å². The van der Waals surface area contributed by atoms with Gasteiger partial charge in [-0.05, 0) is 38.8 Å². The van der Waals surface area contributed by atoms with Gasteiger partial charge in [0.05, 0.1) is 17.4 Å². The van der Waals surface area contributed by atoms with Crippen LogP contribution < -0.4 is 5.32 Å². The fraction of sp³-hybridized carbons (Fsp3) is 0.692. The molecule has 4 nitrogen and oxygen atoms in total. The number of rotatable bonds is 2. The van der Waals surface area contributed by atoms with Gasteiger partial charge < -0.3 is 5.32 Å². The number of nitrogens with zero attached hydrogens (tertiary/aromatic N) is 3. The van der Waals surface area contributed by atoms with Gasteiger partial charge in [-0.2, -0.15) is 0 Å². The third-order valence-corrected chi connectivity index (χ3v) is 4.28. The van der Waals surface area contributed by atoms with Crippen LogP contribution in [0.1, 0.15) is 24.4 Å². The molecule has 1 aromatic heterocycles. The van der Waals surface area contributed by atoms with E-state index in [0.717, 1.165) is 23.2 Å². The monoisotopic (exact) mass is 232 g/mol. The number of aromatic nitrogens is 2. The summed E-state index contributed by atoms with van der Waals surface area (Å²) in [4.78, 5) is 11.4. The molecule has 0 amide bonds. The van der Waals surface area contributed by atoms with Crippen LogP contribution in [-0.2, 0) is 0 Å². The van der Waals surface area contributed by atoms with E-state index in [1.165, 1.54) is 26.2 Å². The van der Waals surface area contributed by atoms with Crippen molar-refractivity contribution in [3.05, 3.63) is 23.8 Å². The minimum Gasteiger partial charge on any atom is -0.316 e. The normalized spacial score (nSPS) is 30.5. The Morgan fingerprint density at radius 2 is 1.88 bits per heavy atom. The highest BCUT2D eigenvalue weighted by molar-refractivity contribution is 5.13. The van der Waals surface area contributed by atoms with Crippen molar-refractivity contribution in [3.63, 3.8) is 0 Å². The number of nitrogens with one attached hydrogen (secondary N) is 1. The molecule has 92 valence electrons. The molecule has 0 spiro atoms. The zero-order valence-electron chi connectivity index (χ0n) is 10.6. The zero-order chi connectivity index (χ0) is 11.8. The van der Waals surface area contributed by atoms with Gasteiger partial charge in [0.25, 0.3) is 0 Å². The van der Waals surface area contributed by atoms with E-state index in [1.807, 2.05) is 0 Å². The molecule has 0 bridgehead atoms. The first kappa shape index (κ1) is 11.1. The fourth-order valence-corrected chi connectivity index (χ4v) is 3.21. The summed E-state index contributed by atoms with van der Waals surface area (Å²) in [6, 6.07) is 0.397.